The van der Waals surface area contributed by atoms with Gasteiger partial charge in [-0.3, -0.25) is 0 Å². The van der Waals surface area contributed by atoms with Crippen LogP contribution in [0.25, 0.3) is 10.9 Å². The number of hydrogen-bond donors (Lipinski definition) is 0. The number of ether oxygens (including phenoxy) is 2. The number of nitrogens with zero attached hydrogens (tertiary/aromatic N) is 2. The molecule has 0 saturated carbocycles. The van der Waals surface area contributed by atoms with Crippen LogP contribution in [0.4, 0.5) is 0 Å². The highest BCUT2D eigenvalue weighted by atomic mass is 32.2. The van der Waals surface area contributed by atoms with Crippen LogP contribution in [-0.2, 0) is 14.8 Å². The SMILES string of the molecule is COC(=O)c1cccc(S(=O)(=O)n2ccc3cc(OCCCN4CCCCC4)ccc32)c1C. The standard InChI is InChI=1S/C25H30N2O5S/c1-19-22(25(28)31-2)8-6-9-24(19)33(29,30)27-16-12-20-18-21(10-11-23(20)27)32-17-7-15-26-13-4-3-5-14-26/h6,8-12,16,18H,3-5,7,13-15,17H2,1-2H3. The van der Waals surface area contributed by atoms with Crippen molar-refractivity contribution in [2.45, 2.75) is 37.5 Å². The second-order valence-corrected chi connectivity index (χ2v) is 10.1. The zero-order chi connectivity index (χ0) is 23.4. The van der Waals surface area contributed by atoms with E-state index in [1.54, 1.807) is 37.3 Å². The van der Waals surface area contributed by atoms with Gasteiger partial charge in [0.1, 0.15) is 5.75 Å². The highest BCUT2D eigenvalue weighted by Crippen LogP contribution is 2.28. The molecular weight excluding hydrogens is 440 g/mol. The summed E-state index contributed by atoms with van der Waals surface area (Å²) in [7, 11) is -2.63. The van der Waals surface area contributed by atoms with Gasteiger partial charge in [-0.2, -0.15) is 0 Å². The quantitative estimate of drug-likeness (QED) is 0.362. The van der Waals surface area contributed by atoms with Crippen molar-refractivity contribution in [2.24, 2.45) is 0 Å². The smallest absolute Gasteiger partial charge is 0.338 e. The van der Waals surface area contributed by atoms with E-state index in [0.29, 0.717) is 17.7 Å². The maximum Gasteiger partial charge on any atom is 0.338 e. The number of rotatable bonds is 8. The fourth-order valence-electron chi connectivity index (χ4n) is 4.39. The van der Waals surface area contributed by atoms with Crippen LogP contribution in [0.15, 0.2) is 53.6 Å². The number of benzene rings is 2. The third-order valence-corrected chi connectivity index (χ3v) is 8.02. The van der Waals surface area contributed by atoms with Crippen LogP contribution in [0.5, 0.6) is 5.75 Å². The number of fused-ring (bicyclic) bond motifs is 1. The molecule has 2 heterocycles. The van der Waals surface area contributed by atoms with E-state index in [4.69, 9.17) is 9.47 Å². The molecular formula is C25H30N2O5S. The molecule has 2 aromatic carbocycles. The molecule has 0 N–H and O–H groups in total. The van der Waals surface area contributed by atoms with Crippen LogP contribution in [0, 0.1) is 6.92 Å². The lowest BCUT2D eigenvalue weighted by Crippen LogP contribution is -2.31. The first-order chi connectivity index (χ1) is 15.9. The highest BCUT2D eigenvalue weighted by molar-refractivity contribution is 7.90. The molecule has 0 radical (unpaired) electrons. The lowest BCUT2D eigenvalue weighted by Gasteiger charge is -2.26. The van der Waals surface area contributed by atoms with Gasteiger partial charge >= 0.3 is 5.97 Å². The number of hydrogen-bond acceptors (Lipinski definition) is 6. The second kappa shape index (κ2) is 9.97. The summed E-state index contributed by atoms with van der Waals surface area (Å²) >= 11 is 0. The van der Waals surface area contributed by atoms with Gasteiger partial charge in [-0.1, -0.05) is 12.5 Å². The number of carbonyl (C=O) groups is 1. The molecule has 0 spiro atoms. The van der Waals surface area contributed by atoms with Crippen molar-refractivity contribution < 1.29 is 22.7 Å². The number of piperidine rings is 1. The molecule has 4 rings (SSSR count). The van der Waals surface area contributed by atoms with E-state index in [-0.39, 0.29) is 10.5 Å². The summed E-state index contributed by atoms with van der Waals surface area (Å²) in [6, 6.07) is 11.8. The normalized spacial score (nSPS) is 15.0. The van der Waals surface area contributed by atoms with Crippen LogP contribution in [0.3, 0.4) is 0 Å². The number of likely N-dealkylation sites (tertiary alicyclic amines) is 1. The van der Waals surface area contributed by atoms with Crippen molar-refractivity contribution in [1.82, 2.24) is 8.87 Å². The molecule has 1 aromatic heterocycles. The summed E-state index contributed by atoms with van der Waals surface area (Å²) in [6.45, 7) is 5.63. The summed E-state index contributed by atoms with van der Waals surface area (Å²) in [5.41, 5.74) is 1.15. The van der Waals surface area contributed by atoms with Crippen molar-refractivity contribution in [3.05, 3.63) is 59.8 Å². The van der Waals surface area contributed by atoms with E-state index >= 15 is 0 Å². The Balaban J connectivity index is 1.50. The number of aromatic nitrogens is 1. The molecule has 0 aliphatic carbocycles. The fourth-order valence-corrected chi connectivity index (χ4v) is 5.99. The topological polar surface area (TPSA) is 77.8 Å². The van der Waals surface area contributed by atoms with Gasteiger partial charge < -0.3 is 14.4 Å². The lowest BCUT2D eigenvalue weighted by molar-refractivity contribution is 0.0599. The van der Waals surface area contributed by atoms with E-state index in [0.717, 1.165) is 24.1 Å². The first-order valence-corrected chi connectivity index (χ1v) is 12.8. The van der Waals surface area contributed by atoms with Gasteiger partial charge in [0.05, 0.1) is 29.7 Å². The molecule has 0 bridgehead atoms. The van der Waals surface area contributed by atoms with Gasteiger partial charge in [0.15, 0.2) is 0 Å². The molecule has 33 heavy (non-hydrogen) atoms. The Morgan fingerprint density at radius 3 is 2.61 bits per heavy atom. The van der Waals surface area contributed by atoms with Crippen LogP contribution in [0.2, 0.25) is 0 Å². The second-order valence-electron chi connectivity index (χ2n) is 8.36. The minimum Gasteiger partial charge on any atom is -0.494 e. The number of methoxy groups -OCH3 is 1. The van der Waals surface area contributed by atoms with Crippen molar-refractivity contribution in [1.29, 1.82) is 0 Å². The highest BCUT2D eigenvalue weighted by Gasteiger charge is 2.24. The van der Waals surface area contributed by atoms with Crippen LogP contribution in [-0.4, -0.2) is 56.6 Å². The van der Waals surface area contributed by atoms with E-state index in [9.17, 15) is 13.2 Å². The van der Waals surface area contributed by atoms with Crippen molar-refractivity contribution in [2.75, 3.05) is 33.4 Å². The molecule has 0 atom stereocenters. The first-order valence-electron chi connectivity index (χ1n) is 11.3. The van der Waals surface area contributed by atoms with Gasteiger partial charge in [-0.15, -0.1) is 0 Å². The zero-order valence-corrected chi connectivity index (χ0v) is 19.9. The summed E-state index contributed by atoms with van der Waals surface area (Å²) < 4.78 is 38.8. The molecule has 3 aromatic rings. The predicted octanol–water partition coefficient (Wildman–Crippen LogP) is 4.23. The van der Waals surface area contributed by atoms with Crippen LogP contribution >= 0.6 is 0 Å². The van der Waals surface area contributed by atoms with Crippen molar-refractivity contribution in [3.8, 4) is 5.75 Å². The van der Waals surface area contributed by atoms with Gasteiger partial charge in [0.2, 0.25) is 0 Å². The lowest BCUT2D eigenvalue weighted by atomic mass is 10.1. The van der Waals surface area contributed by atoms with E-state index in [1.807, 2.05) is 6.07 Å². The third kappa shape index (κ3) is 4.91. The third-order valence-electron chi connectivity index (χ3n) is 6.19. The Bertz CT molecular complexity index is 1240. The summed E-state index contributed by atoms with van der Waals surface area (Å²) in [5.74, 6) is 0.157. The summed E-state index contributed by atoms with van der Waals surface area (Å²) in [5, 5.41) is 0.772. The molecule has 1 aliphatic rings. The average molecular weight is 471 g/mol. The zero-order valence-electron chi connectivity index (χ0n) is 19.1. The maximum atomic E-state index is 13.4. The molecule has 8 heteroatoms. The van der Waals surface area contributed by atoms with Crippen LogP contribution < -0.4 is 4.74 Å². The Kier molecular flexibility index (Phi) is 7.05. The van der Waals surface area contributed by atoms with E-state index in [1.165, 1.54) is 55.7 Å². The number of esters is 1. The van der Waals surface area contributed by atoms with Gasteiger partial charge in [-0.05, 0) is 81.2 Å². The molecule has 176 valence electrons. The van der Waals surface area contributed by atoms with Gasteiger partial charge in [-0.25, -0.2) is 17.2 Å². The van der Waals surface area contributed by atoms with Crippen molar-refractivity contribution in [3.63, 3.8) is 0 Å². The van der Waals surface area contributed by atoms with Crippen molar-refractivity contribution >= 4 is 26.9 Å². The largest absolute Gasteiger partial charge is 0.494 e. The maximum absolute atomic E-state index is 13.4. The van der Waals surface area contributed by atoms with Gasteiger partial charge in [0, 0.05) is 18.1 Å². The van der Waals surface area contributed by atoms with E-state index in [2.05, 4.69) is 4.90 Å². The fraction of sp³-hybridized carbons (Fsp3) is 0.400. The first kappa shape index (κ1) is 23.3. The molecule has 0 amide bonds. The minimum atomic E-state index is -3.90. The molecule has 1 aliphatic heterocycles. The summed E-state index contributed by atoms with van der Waals surface area (Å²) in [6.07, 6.45) is 6.39. The molecule has 7 nitrogen and oxygen atoms in total. The van der Waals surface area contributed by atoms with E-state index < -0.39 is 16.0 Å². The monoisotopic (exact) mass is 470 g/mol. The average Bonchev–Trinajstić information content (AvgIpc) is 3.26. The Morgan fingerprint density at radius 2 is 1.85 bits per heavy atom. The van der Waals surface area contributed by atoms with Crippen LogP contribution in [0.1, 0.15) is 41.6 Å². The predicted molar refractivity (Wildman–Crippen MR) is 127 cm³/mol. The molecule has 0 unspecified atom stereocenters. The molecule has 1 fully saturated rings. The summed E-state index contributed by atoms with van der Waals surface area (Å²) in [4.78, 5) is 14.6. The minimum absolute atomic E-state index is 0.0703. The van der Waals surface area contributed by atoms with Gasteiger partial charge in [0.25, 0.3) is 10.0 Å². The Morgan fingerprint density at radius 1 is 1.06 bits per heavy atom. The number of carbonyl (C=O) groups excluding carboxylic acids is 1. The Hall–Kier alpha value is -2.84. The molecule has 1 saturated heterocycles. The Labute approximate surface area is 195 Å².